The monoisotopic (exact) mass is 539 g/mol. The molecule has 0 aliphatic carbocycles. The molecule has 0 saturated heterocycles. The summed E-state index contributed by atoms with van der Waals surface area (Å²) < 4.78 is 0. The van der Waals surface area contributed by atoms with Gasteiger partial charge in [0.25, 0.3) is 0 Å². The van der Waals surface area contributed by atoms with Crippen molar-refractivity contribution < 1.29 is 51.1 Å². The quantitative estimate of drug-likeness (QED) is 0.0325. The zero-order chi connectivity index (χ0) is 28.4. The minimum atomic E-state index is -2.37. The van der Waals surface area contributed by atoms with E-state index in [0.29, 0.717) is 19.4 Å². The summed E-state index contributed by atoms with van der Waals surface area (Å²) >= 11 is 0. The van der Waals surface area contributed by atoms with Crippen LogP contribution >= 0.6 is 0 Å². The lowest BCUT2D eigenvalue weighted by Gasteiger charge is -2.56. The summed E-state index contributed by atoms with van der Waals surface area (Å²) in [6, 6.07) is 0. The normalized spacial score (nSPS) is 17.9. The molecule has 0 aliphatic heterocycles. The Kier molecular flexibility index (Phi) is 18.5. The summed E-state index contributed by atoms with van der Waals surface area (Å²) in [5.41, 5.74) is 1.54. The maximum atomic E-state index is 11.8. The van der Waals surface area contributed by atoms with Crippen LogP contribution in [0.3, 0.4) is 0 Å². The molecule has 0 spiro atoms. The standard InChI is InChI=1S/C24H49N3O10/c25-27-26-10-8-6-4-2-1-3-5-7-9-23(36,11-19(33)14-28)22(17-31,18-32)24(37,12-20(34)15-29)13-21(35)16-30/h19-21,28-37H,1-18H2. The number of aliphatic hydroxyl groups is 10. The topological polar surface area (TPSA) is 251 Å². The lowest BCUT2D eigenvalue weighted by molar-refractivity contribution is -0.258. The molecule has 0 heterocycles. The summed E-state index contributed by atoms with van der Waals surface area (Å²) in [5, 5.41) is 106. The molecule has 13 heteroatoms. The van der Waals surface area contributed by atoms with Crippen molar-refractivity contribution in [2.24, 2.45) is 10.5 Å². The fraction of sp³-hybridized carbons (Fsp3) is 1.00. The van der Waals surface area contributed by atoms with Gasteiger partial charge in [-0.25, -0.2) is 0 Å². The number of rotatable bonds is 24. The summed E-state index contributed by atoms with van der Waals surface area (Å²) in [6.07, 6.45) is 0.0497. The lowest BCUT2D eigenvalue weighted by Crippen LogP contribution is -2.68. The van der Waals surface area contributed by atoms with Crippen molar-refractivity contribution in [1.29, 1.82) is 0 Å². The number of hydrogen-bond donors (Lipinski definition) is 10. The predicted molar refractivity (Wildman–Crippen MR) is 135 cm³/mol. The van der Waals surface area contributed by atoms with Crippen LogP contribution in [-0.4, -0.2) is 120 Å². The molecule has 220 valence electrons. The SMILES string of the molecule is [N-]=[N+]=NCCCCCCCCCCC(O)(CC(O)CO)C(CO)(CO)C(O)(CC(O)CO)CC(O)CO. The molecular formula is C24H49N3O10. The average Bonchev–Trinajstić information content (AvgIpc) is 2.87. The zero-order valence-corrected chi connectivity index (χ0v) is 21.8. The molecule has 0 rings (SSSR count). The highest BCUT2D eigenvalue weighted by Crippen LogP contribution is 2.50. The Bertz CT molecular complexity index is 622. The van der Waals surface area contributed by atoms with Crippen molar-refractivity contribution in [2.45, 2.75) is 107 Å². The van der Waals surface area contributed by atoms with Crippen LogP contribution in [-0.2, 0) is 0 Å². The minimum Gasteiger partial charge on any atom is -0.395 e. The van der Waals surface area contributed by atoms with Gasteiger partial charge in [-0.1, -0.05) is 50.1 Å². The molecule has 0 aliphatic rings. The third-order valence-electron chi connectivity index (χ3n) is 7.34. The maximum Gasteiger partial charge on any atom is 0.0826 e. The molecule has 0 amide bonds. The predicted octanol–water partition coefficient (Wildman–Crippen LogP) is -0.529. The molecule has 0 radical (unpaired) electrons. The van der Waals surface area contributed by atoms with E-state index in [9.17, 15) is 51.1 Å². The van der Waals surface area contributed by atoms with Crippen molar-refractivity contribution in [3.05, 3.63) is 10.4 Å². The first-order chi connectivity index (χ1) is 17.5. The first-order valence-corrected chi connectivity index (χ1v) is 13.1. The summed E-state index contributed by atoms with van der Waals surface area (Å²) in [6.45, 7) is -3.85. The number of azide groups is 1. The third-order valence-corrected chi connectivity index (χ3v) is 7.34. The third kappa shape index (κ3) is 11.3. The number of hydrogen-bond acceptors (Lipinski definition) is 11. The van der Waals surface area contributed by atoms with Gasteiger partial charge in [0.15, 0.2) is 0 Å². The fourth-order valence-electron chi connectivity index (χ4n) is 5.15. The molecule has 10 N–H and O–H groups in total. The van der Waals surface area contributed by atoms with Gasteiger partial charge in [-0.05, 0) is 18.4 Å². The van der Waals surface area contributed by atoms with E-state index in [2.05, 4.69) is 10.0 Å². The van der Waals surface area contributed by atoms with Crippen molar-refractivity contribution in [3.63, 3.8) is 0 Å². The zero-order valence-electron chi connectivity index (χ0n) is 21.8. The smallest absolute Gasteiger partial charge is 0.0826 e. The molecule has 0 aromatic heterocycles. The Morgan fingerprint density at radius 2 is 0.973 bits per heavy atom. The molecule has 0 aromatic carbocycles. The summed E-state index contributed by atoms with van der Waals surface area (Å²) in [4.78, 5) is 2.71. The first kappa shape index (κ1) is 35.9. The van der Waals surface area contributed by atoms with Crippen LogP contribution in [0.1, 0.15) is 77.0 Å². The van der Waals surface area contributed by atoms with Gasteiger partial charge < -0.3 is 51.1 Å². The van der Waals surface area contributed by atoms with E-state index in [-0.39, 0.29) is 6.42 Å². The minimum absolute atomic E-state index is 0.0932. The molecule has 4 unspecified atom stereocenters. The van der Waals surface area contributed by atoms with Gasteiger partial charge in [-0.3, -0.25) is 0 Å². The van der Waals surface area contributed by atoms with Crippen molar-refractivity contribution in [3.8, 4) is 0 Å². The van der Waals surface area contributed by atoms with Crippen molar-refractivity contribution in [2.75, 3.05) is 39.6 Å². The Morgan fingerprint density at radius 1 is 0.595 bits per heavy atom. The number of unbranched alkanes of at least 4 members (excludes halogenated alkanes) is 7. The van der Waals surface area contributed by atoms with E-state index in [1.54, 1.807) is 0 Å². The average molecular weight is 540 g/mol. The fourth-order valence-corrected chi connectivity index (χ4v) is 5.15. The van der Waals surface area contributed by atoms with Crippen LogP contribution in [0.25, 0.3) is 10.4 Å². The van der Waals surface area contributed by atoms with Crippen LogP contribution in [0.2, 0.25) is 0 Å². The van der Waals surface area contributed by atoms with Crippen molar-refractivity contribution in [1.82, 2.24) is 0 Å². The van der Waals surface area contributed by atoms with Gasteiger partial charge in [-0.15, -0.1) is 0 Å². The highest BCUT2D eigenvalue weighted by Gasteiger charge is 2.62. The van der Waals surface area contributed by atoms with Gasteiger partial charge >= 0.3 is 0 Å². The molecule has 13 nitrogen and oxygen atoms in total. The number of nitrogens with zero attached hydrogens (tertiary/aromatic N) is 3. The molecular weight excluding hydrogens is 490 g/mol. The van der Waals surface area contributed by atoms with Crippen molar-refractivity contribution >= 4 is 0 Å². The Labute approximate surface area is 218 Å². The first-order valence-electron chi connectivity index (χ1n) is 13.1. The Morgan fingerprint density at radius 3 is 1.35 bits per heavy atom. The molecule has 37 heavy (non-hydrogen) atoms. The highest BCUT2D eigenvalue weighted by atomic mass is 16.4. The van der Waals surface area contributed by atoms with E-state index >= 15 is 0 Å². The van der Waals surface area contributed by atoms with E-state index in [4.69, 9.17) is 5.53 Å². The molecule has 0 fully saturated rings. The van der Waals surface area contributed by atoms with E-state index in [1.165, 1.54) is 0 Å². The highest BCUT2D eigenvalue weighted by molar-refractivity contribution is 5.12. The van der Waals surface area contributed by atoms with E-state index in [0.717, 1.165) is 38.5 Å². The lowest BCUT2D eigenvalue weighted by atomic mass is 9.56. The largest absolute Gasteiger partial charge is 0.395 e. The Hall–Kier alpha value is -1.09. The van der Waals surface area contributed by atoms with E-state index in [1.807, 2.05) is 0 Å². The Balaban J connectivity index is 5.64. The van der Waals surface area contributed by atoms with E-state index < -0.39 is 87.2 Å². The maximum absolute atomic E-state index is 11.8. The second kappa shape index (κ2) is 19.0. The van der Waals surface area contributed by atoms with Gasteiger partial charge in [0.05, 0.1) is 68.0 Å². The van der Waals surface area contributed by atoms with Crippen LogP contribution in [0, 0.1) is 5.41 Å². The van der Waals surface area contributed by atoms with Crippen LogP contribution in [0.4, 0.5) is 0 Å². The van der Waals surface area contributed by atoms with Crippen LogP contribution in [0.5, 0.6) is 0 Å². The van der Waals surface area contributed by atoms with Gasteiger partial charge in [0.1, 0.15) is 0 Å². The van der Waals surface area contributed by atoms with Crippen LogP contribution in [0.15, 0.2) is 5.11 Å². The molecule has 0 saturated carbocycles. The second-order valence-corrected chi connectivity index (χ2v) is 10.1. The van der Waals surface area contributed by atoms with Crippen LogP contribution < -0.4 is 0 Å². The summed E-state index contributed by atoms with van der Waals surface area (Å²) in [7, 11) is 0. The second-order valence-electron chi connectivity index (χ2n) is 10.1. The summed E-state index contributed by atoms with van der Waals surface area (Å²) in [5.74, 6) is 0. The van der Waals surface area contributed by atoms with Gasteiger partial charge in [0, 0.05) is 30.7 Å². The number of aliphatic hydroxyl groups excluding tert-OH is 8. The van der Waals surface area contributed by atoms with Gasteiger partial charge in [0.2, 0.25) is 0 Å². The molecule has 0 aromatic rings. The van der Waals surface area contributed by atoms with Gasteiger partial charge in [-0.2, -0.15) is 0 Å². The molecule has 4 atom stereocenters. The molecule has 0 bridgehead atoms.